The van der Waals surface area contributed by atoms with Crippen LogP contribution in [0.1, 0.15) is 5.56 Å². The van der Waals surface area contributed by atoms with E-state index in [1.165, 1.54) is 24.3 Å². The molecule has 0 spiro atoms. The van der Waals surface area contributed by atoms with E-state index in [-0.39, 0.29) is 24.6 Å². The Balaban J connectivity index is 2.55. The Morgan fingerprint density at radius 2 is 2.00 bits per heavy atom. The first-order valence-corrected chi connectivity index (χ1v) is 5.12. The highest BCUT2D eigenvalue weighted by Gasteiger charge is 2.07. The maximum Gasteiger partial charge on any atom is 0.310 e. The monoisotopic (exact) mass is 243 g/mol. The molecule has 0 fully saturated rings. The SMILES string of the molecule is O=C(Cc1ccc([N+](=O)[O-])cc1)OCCCl. The lowest BCUT2D eigenvalue weighted by Gasteiger charge is -2.02. The van der Waals surface area contributed by atoms with Gasteiger partial charge in [0.05, 0.1) is 17.2 Å². The summed E-state index contributed by atoms with van der Waals surface area (Å²) in [4.78, 5) is 21.1. The second-order valence-electron chi connectivity index (χ2n) is 3.01. The molecule has 0 saturated heterocycles. The molecule has 1 aromatic rings. The molecular weight excluding hydrogens is 234 g/mol. The third-order valence-electron chi connectivity index (χ3n) is 1.84. The zero-order chi connectivity index (χ0) is 12.0. The summed E-state index contributed by atoms with van der Waals surface area (Å²) in [7, 11) is 0. The number of nitro benzene ring substituents is 1. The topological polar surface area (TPSA) is 69.4 Å². The van der Waals surface area contributed by atoms with Crippen LogP contribution in [0.5, 0.6) is 0 Å². The molecule has 16 heavy (non-hydrogen) atoms. The lowest BCUT2D eigenvalue weighted by Crippen LogP contribution is -2.09. The highest BCUT2D eigenvalue weighted by molar-refractivity contribution is 6.18. The van der Waals surface area contributed by atoms with Crippen molar-refractivity contribution in [2.45, 2.75) is 6.42 Å². The molecule has 0 bridgehead atoms. The fraction of sp³-hybridized carbons (Fsp3) is 0.300. The van der Waals surface area contributed by atoms with Crippen molar-refractivity contribution in [2.75, 3.05) is 12.5 Å². The minimum atomic E-state index is -0.490. The average Bonchev–Trinajstić information content (AvgIpc) is 2.27. The van der Waals surface area contributed by atoms with Crippen molar-refractivity contribution in [1.29, 1.82) is 0 Å². The van der Waals surface area contributed by atoms with Crippen molar-refractivity contribution in [3.05, 3.63) is 39.9 Å². The van der Waals surface area contributed by atoms with Crippen LogP contribution in [-0.4, -0.2) is 23.4 Å². The molecule has 5 nitrogen and oxygen atoms in total. The van der Waals surface area contributed by atoms with Gasteiger partial charge < -0.3 is 4.74 Å². The molecule has 0 radical (unpaired) electrons. The van der Waals surface area contributed by atoms with Gasteiger partial charge in [-0.15, -0.1) is 11.6 Å². The number of nitrogens with zero attached hydrogens (tertiary/aromatic N) is 1. The number of ether oxygens (including phenoxy) is 1. The quantitative estimate of drug-likeness (QED) is 0.343. The predicted octanol–water partition coefficient (Wildman–Crippen LogP) is 1.92. The number of hydrogen-bond acceptors (Lipinski definition) is 4. The summed E-state index contributed by atoms with van der Waals surface area (Å²) in [6, 6.07) is 5.76. The van der Waals surface area contributed by atoms with Gasteiger partial charge in [-0.3, -0.25) is 14.9 Å². The summed E-state index contributed by atoms with van der Waals surface area (Å²) < 4.78 is 4.77. The van der Waals surface area contributed by atoms with Gasteiger partial charge in [-0.2, -0.15) is 0 Å². The van der Waals surface area contributed by atoms with Gasteiger partial charge in [0.2, 0.25) is 0 Å². The Bertz CT molecular complexity index is 377. The van der Waals surface area contributed by atoms with Crippen molar-refractivity contribution in [3.63, 3.8) is 0 Å². The molecule has 0 aliphatic heterocycles. The molecule has 1 rings (SSSR count). The number of carbonyl (C=O) groups is 1. The number of non-ortho nitro benzene ring substituents is 1. The van der Waals surface area contributed by atoms with E-state index >= 15 is 0 Å². The summed E-state index contributed by atoms with van der Waals surface area (Å²) in [5.74, 6) is -0.138. The number of halogens is 1. The van der Waals surface area contributed by atoms with Crippen LogP contribution in [0.25, 0.3) is 0 Å². The fourth-order valence-electron chi connectivity index (χ4n) is 1.11. The van der Waals surface area contributed by atoms with Crippen molar-refractivity contribution >= 4 is 23.3 Å². The third-order valence-corrected chi connectivity index (χ3v) is 1.99. The molecule has 0 heterocycles. The summed E-state index contributed by atoms with van der Waals surface area (Å²) in [6.45, 7) is 0.174. The van der Waals surface area contributed by atoms with Crippen LogP contribution in [0.15, 0.2) is 24.3 Å². The fourth-order valence-corrected chi connectivity index (χ4v) is 1.18. The van der Waals surface area contributed by atoms with Crippen molar-refractivity contribution in [1.82, 2.24) is 0 Å². The van der Waals surface area contributed by atoms with Gasteiger partial charge in [-0.05, 0) is 5.56 Å². The van der Waals surface area contributed by atoms with Crippen LogP contribution >= 0.6 is 11.6 Å². The molecule has 1 aromatic carbocycles. The van der Waals surface area contributed by atoms with E-state index in [4.69, 9.17) is 16.3 Å². The molecular formula is C10H10ClNO4. The third kappa shape index (κ3) is 3.86. The molecule has 0 aliphatic rings. The maximum absolute atomic E-state index is 11.2. The van der Waals surface area contributed by atoms with Crippen LogP contribution < -0.4 is 0 Å². The van der Waals surface area contributed by atoms with Gasteiger partial charge in [-0.1, -0.05) is 12.1 Å². The van der Waals surface area contributed by atoms with Crippen molar-refractivity contribution in [3.8, 4) is 0 Å². The summed E-state index contributed by atoms with van der Waals surface area (Å²) >= 11 is 5.35. The minimum absolute atomic E-state index is 0.00197. The normalized spacial score (nSPS) is 9.81. The van der Waals surface area contributed by atoms with E-state index in [9.17, 15) is 14.9 Å². The van der Waals surface area contributed by atoms with Crippen LogP contribution in [0.3, 0.4) is 0 Å². The number of alkyl halides is 1. The Labute approximate surface area is 97.1 Å². The van der Waals surface area contributed by atoms with Gasteiger partial charge in [0, 0.05) is 12.1 Å². The van der Waals surface area contributed by atoms with E-state index in [1.807, 2.05) is 0 Å². The van der Waals surface area contributed by atoms with Gasteiger partial charge in [-0.25, -0.2) is 0 Å². The van der Waals surface area contributed by atoms with Gasteiger partial charge in [0.1, 0.15) is 6.61 Å². The number of carbonyl (C=O) groups excluding carboxylic acids is 1. The van der Waals surface area contributed by atoms with E-state index < -0.39 is 10.9 Å². The Morgan fingerprint density at radius 3 is 2.50 bits per heavy atom. The number of benzene rings is 1. The number of rotatable bonds is 5. The van der Waals surface area contributed by atoms with Crippen LogP contribution in [-0.2, 0) is 16.0 Å². The number of hydrogen-bond donors (Lipinski definition) is 0. The van der Waals surface area contributed by atoms with E-state index in [1.54, 1.807) is 0 Å². The van der Waals surface area contributed by atoms with Crippen LogP contribution in [0.4, 0.5) is 5.69 Å². The Kier molecular flexibility index (Phi) is 4.72. The zero-order valence-electron chi connectivity index (χ0n) is 8.39. The van der Waals surface area contributed by atoms with Gasteiger partial charge >= 0.3 is 5.97 Å². The predicted molar refractivity (Wildman–Crippen MR) is 58.5 cm³/mol. The highest BCUT2D eigenvalue weighted by atomic mass is 35.5. The number of esters is 1. The van der Waals surface area contributed by atoms with Crippen LogP contribution in [0, 0.1) is 10.1 Å². The largest absolute Gasteiger partial charge is 0.464 e. The minimum Gasteiger partial charge on any atom is -0.464 e. The molecule has 0 N–H and O–H groups in total. The van der Waals surface area contributed by atoms with E-state index in [2.05, 4.69) is 0 Å². The van der Waals surface area contributed by atoms with Crippen molar-refractivity contribution < 1.29 is 14.5 Å². The lowest BCUT2D eigenvalue weighted by molar-refractivity contribution is -0.384. The first kappa shape index (κ1) is 12.4. The number of nitro groups is 1. The molecule has 0 atom stereocenters. The molecule has 0 saturated carbocycles. The Morgan fingerprint density at radius 1 is 1.38 bits per heavy atom. The molecule has 0 aromatic heterocycles. The second kappa shape index (κ2) is 6.07. The summed E-state index contributed by atoms with van der Waals surface area (Å²) in [5, 5.41) is 10.4. The summed E-state index contributed by atoms with van der Waals surface area (Å²) in [6.07, 6.45) is 0.0921. The van der Waals surface area contributed by atoms with E-state index in [0.29, 0.717) is 5.56 Å². The van der Waals surface area contributed by atoms with Gasteiger partial charge in [0.15, 0.2) is 0 Å². The van der Waals surface area contributed by atoms with E-state index in [0.717, 1.165) is 0 Å². The summed E-state index contributed by atoms with van der Waals surface area (Å²) in [5.41, 5.74) is 0.669. The molecule has 6 heteroatoms. The molecule has 0 amide bonds. The molecule has 0 unspecified atom stereocenters. The first-order valence-electron chi connectivity index (χ1n) is 4.58. The zero-order valence-corrected chi connectivity index (χ0v) is 9.14. The molecule has 86 valence electrons. The van der Waals surface area contributed by atoms with Crippen LogP contribution in [0.2, 0.25) is 0 Å². The average molecular weight is 244 g/mol. The van der Waals surface area contributed by atoms with Gasteiger partial charge in [0.25, 0.3) is 5.69 Å². The molecule has 0 aliphatic carbocycles. The smallest absolute Gasteiger partial charge is 0.310 e. The highest BCUT2D eigenvalue weighted by Crippen LogP contribution is 2.12. The first-order chi connectivity index (χ1) is 7.63. The maximum atomic E-state index is 11.2. The standard InChI is InChI=1S/C10H10ClNO4/c11-5-6-16-10(13)7-8-1-3-9(4-2-8)12(14)15/h1-4H,5-7H2. The Hall–Kier alpha value is -1.62. The van der Waals surface area contributed by atoms with Crippen molar-refractivity contribution in [2.24, 2.45) is 0 Å². The lowest BCUT2D eigenvalue weighted by atomic mass is 10.1. The second-order valence-corrected chi connectivity index (χ2v) is 3.39.